The molecule has 51 heavy (non-hydrogen) atoms. The summed E-state index contributed by atoms with van der Waals surface area (Å²) >= 11 is 6.78. The normalized spacial score (nSPS) is 22.8. The zero-order valence-corrected chi connectivity index (χ0v) is 34.4. The van der Waals surface area contributed by atoms with Gasteiger partial charge in [-0.25, -0.2) is 0 Å². The second-order valence-corrected chi connectivity index (χ2v) is 22.3. The van der Waals surface area contributed by atoms with Crippen molar-refractivity contribution < 1.29 is 33.1 Å². The van der Waals surface area contributed by atoms with Crippen molar-refractivity contribution in [2.24, 2.45) is 0 Å². The summed E-state index contributed by atoms with van der Waals surface area (Å²) in [4.78, 5) is 70.1. The van der Waals surface area contributed by atoms with Gasteiger partial charge in [-0.3, -0.25) is 24.0 Å². The van der Waals surface area contributed by atoms with Crippen LogP contribution in [-0.4, -0.2) is 95.2 Å². The molecule has 3 N–H and O–H groups in total. The molecular weight excluding hydrogens is 705 g/mol. The number of amides is 4. The van der Waals surface area contributed by atoms with Gasteiger partial charge in [-0.1, -0.05) is 62.9 Å². The number of carbonyl (C=O) groups is 5. The largest absolute Gasteiger partial charge is 0.479 e. The lowest BCUT2D eigenvalue weighted by Gasteiger charge is -2.38. The van der Waals surface area contributed by atoms with Crippen LogP contribution in [0.25, 0.3) is 0 Å². The number of Topliss-reactive ketones (excluding diaryl/α,β-unsaturated/α-hetero) is 1. The molecule has 2 fully saturated rings. The summed E-state index contributed by atoms with van der Waals surface area (Å²) in [6, 6.07) is 6.69. The van der Waals surface area contributed by atoms with Gasteiger partial charge in [0.15, 0.2) is 14.1 Å². The molecular formula is C37H58N4O7S2Si. The molecule has 0 spiro atoms. The van der Waals surface area contributed by atoms with Crippen LogP contribution in [0.15, 0.2) is 30.3 Å². The van der Waals surface area contributed by atoms with Crippen molar-refractivity contribution in [3.63, 3.8) is 0 Å². The number of nitrogens with one attached hydrogen (secondary N) is 3. The number of benzene rings is 1. The third kappa shape index (κ3) is 12.1. The van der Waals surface area contributed by atoms with Crippen molar-refractivity contribution >= 4 is 66.1 Å². The van der Waals surface area contributed by atoms with E-state index in [1.54, 1.807) is 20.8 Å². The van der Waals surface area contributed by atoms with Crippen LogP contribution in [0.1, 0.15) is 92.6 Å². The lowest BCUT2D eigenvalue weighted by atomic mass is 9.98. The maximum Gasteiger partial charge on any atom is 0.246 e. The summed E-state index contributed by atoms with van der Waals surface area (Å²) in [5, 5.41) is 8.39. The SMILES string of the molecule is CCOC(=S)SC(CCC(=O)[C@@H](C)O[Si](C)(C)C(C)(C)C)CC[C@@H]1NC(=O)[C@H]2CCCN2C(=O)[C@H](Cc2ccccc2)NC(=O)C(C)(C)NC1=O. The van der Waals surface area contributed by atoms with Gasteiger partial charge < -0.3 is 30.0 Å². The van der Waals surface area contributed by atoms with Crippen molar-refractivity contribution in [2.45, 2.75) is 147 Å². The number of hydrogen-bond donors (Lipinski definition) is 3. The molecule has 2 aliphatic rings. The molecule has 2 heterocycles. The number of ketones is 1. The minimum Gasteiger partial charge on any atom is -0.479 e. The fraction of sp³-hybridized carbons (Fsp3) is 0.676. The maximum absolute atomic E-state index is 13.9. The Bertz CT molecular complexity index is 1420. The Labute approximate surface area is 314 Å². The summed E-state index contributed by atoms with van der Waals surface area (Å²) in [5.74, 6) is -1.77. The van der Waals surface area contributed by atoms with Crippen LogP contribution < -0.4 is 16.0 Å². The Hall–Kier alpha value is -2.81. The minimum absolute atomic E-state index is 0.00544. The molecule has 1 unspecified atom stereocenters. The third-order valence-electron chi connectivity index (χ3n) is 10.1. The van der Waals surface area contributed by atoms with Gasteiger partial charge in [0.05, 0.1) is 6.61 Å². The molecule has 14 heteroatoms. The van der Waals surface area contributed by atoms with Crippen LogP contribution in [0.3, 0.4) is 0 Å². The van der Waals surface area contributed by atoms with Gasteiger partial charge in [0.1, 0.15) is 29.8 Å². The van der Waals surface area contributed by atoms with Crippen molar-refractivity contribution in [3.8, 4) is 0 Å². The zero-order valence-electron chi connectivity index (χ0n) is 31.8. The monoisotopic (exact) mass is 762 g/mol. The van der Waals surface area contributed by atoms with Crippen LogP contribution in [0, 0.1) is 0 Å². The fourth-order valence-corrected chi connectivity index (χ4v) is 8.82. The quantitative estimate of drug-likeness (QED) is 0.186. The molecule has 3 rings (SSSR count). The molecule has 0 bridgehead atoms. The summed E-state index contributed by atoms with van der Waals surface area (Å²) in [7, 11) is -2.16. The number of carbonyl (C=O) groups excluding carboxylic acids is 5. The third-order valence-corrected chi connectivity index (χ3v) is 16.2. The Morgan fingerprint density at radius 3 is 2.35 bits per heavy atom. The number of rotatable bonds is 13. The fourth-order valence-electron chi connectivity index (χ4n) is 5.97. The molecule has 11 nitrogen and oxygen atoms in total. The standard InChI is InChI=1S/C37H58N4O7S2Si/c1-10-47-35(49)50-26(19-21-30(42)24(2)48-51(8,9)36(3,4)5)18-20-27-31(43)40-37(6,7)34(46)39-28(23-25-15-12-11-13-16-25)33(45)41-22-14-17-29(41)32(44)38-27/h11-13,15-16,24,26-29H,10,14,17-23H2,1-9H3,(H,38,44)(H,39,46)(H,40,43)/t24-,26?,27+,28+,29-/m1/s1. The number of fused-ring (bicyclic) bond motifs is 1. The van der Waals surface area contributed by atoms with E-state index in [2.05, 4.69) is 49.8 Å². The summed E-state index contributed by atoms with van der Waals surface area (Å²) < 4.78 is 12.2. The number of nitrogens with zero attached hydrogens (tertiary/aromatic N) is 1. The van der Waals surface area contributed by atoms with E-state index in [0.717, 1.165) is 5.56 Å². The van der Waals surface area contributed by atoms with Gasteiger partial charge in [0, 0.05) is 24.6 Å². The lowest BCUT2D eigenvalue weighted by Crippen LogP contribution is -2.64. The summed E-state index contributed by atoms with van der Waals surface area (Å²) in [6.07, 6.45) is 2.11. The molecule has 0 saturated carbocycles. The maximum atomic E-state index is 13.9. The smallest absolute Gasteiger partial charge is 0.246 e. The molecule has 2 saturated heterocycles. The van der Waals surface area contributed by atoms with E-state index in [0.29, 0.717) is 43.2 Å². The van der Waals surface area contributed by atoms with E-state index in [9.17, 15) is 24.0 Å². The first kappa shape index (κ1) is 42.6. The number of thiocarbonyl (C=S) groups is 1. The second-order valence-electron chi connectivity index (χ2n) is 15.6. The van der Waals surface area contributed by atoms with Crippen LogP contribution in [0.5, 0.6) is 0 Å². The van der Waals surface area contributed by atoms with E-state index in [-0.39, 0.29) is 41.2 Å². The first-order chi connectivity index (χ1) is 23.8. The van der Waals surface area contributed by atoms with Gasteiger partial charge in [-0.05, 0) is 95.7 Å². The van der Waals surface area contributed by atoms with Crippen molar-refractivity contribution in [1.29, 1.82) is 0 Å². The molecule has 0 radical (unpaired) electrons. The molecule has 1 aromatic rings. The predicted molar refractivity (Wildman–Crippen MR) is 208 cm³/mol. The number of ether oxygens (including phenoxy) is 1. The molecule has 5 atom stereocenters. The Morgan fingerprint density at radius 1 is 1.06 bits per heavy atom. The van der Waals surface area contributed by atoms with Crippen LogP contribution in [0.2, 0.25) is 18.1 Å². The highest BCUT2D eigenvalue weighted by molar-refractivity contribution is 8.23. The highest BCUT2D eigenvalue weighted by atomic mass is 32.2. The Balaban J connectivity index is 1.81. The zero-order chi connectivity index (χ0) is 38.1. The highest BCUT2D eigenvalue weighted by Crippen LogP contribution is 2.37. The molecule has 0 aliphatic carbocycles. The van der Waals surface area contributed by atoms with Crippen LogP contribution >= 0.6 is 24.0 Å². The minimum atomic E-state index is -2.16. The predicted octanol–water partition coefficient (Wildman–Crippen LogP) is 5.06. The van der Waals surface area contributed by atoms with Crippen molar-refractivity contribution in [1.82, 2.24) is 20.9 Å². The van der Waals surface area contributed by atoms with E-state index in [1.807, 2.05) is 37.3 Å². The van der Waals surface area contributed by atoms with E-state index in [4.69, 9.17) is 21.4 Å². The van der Waals surface area contributed by atoms with Crippen molar-refractivity contribution in [3.05, 3.63) is 35.9 Å². The molecule has 4 amide bonds. The lowest BCUT2D eigenvalue weighted by molar-refractivity contribution is -0.144. The Morgan fingerprint density at radius 2 is 1.73 bits per heavy atom. The van der Waals surface area contributed by atoms with E-state index >= 15 is 0 Å². The molecule has 1 aromatic carbocycles. The van der Waals surface area contributed by atoms with E-state index < -0.39 is 55.8 Å². The summed E-state index contributed by atoms with van der Waals surface area (Å²) in [5.41, 5.74) is -0.531. The highest BCUT2D eigenvalue weighted by Gasteiger charge is 2.43. The molecule has 284 valence electrons. The second kappa shape index (κ2) is 18.3. The topological polar surface area (TPSA) is 143 Å². The van der Waals surface area contributed by atoms with Gasteiger partial charge >= 0.3 is 0 Å². The van der Waals surface area contributed by atoms with Crippen LogP contribution in [-0.2, 0) is 39.6 Å². The molecule has 2 aliphatic heterocycles. The number of thioether (sulfide) groups is 1. The van der Waals surface area contributed by atoms with Crippen LogP contribution in [0.4, 0.5) is 0 Å². The molecule has 0 aromatic heterocycles. The van der Waals surface area contributed by atoms with E-state index in [1.165, 1.54) is 16.7 Å². The number of hydrogen-bond acceptors (Lipinski definition) is 9. The first-order valence-corrected chi connectivity index (χ1v) is 22.3. The average molecular weight is 763 g/mol. The summed E-state index contributed by atoms with van der Waals surface area (Å²) in [6.45, 7) is 18.2. The Kier molecular flexibility index (Phi) is 15.3. The van der Waals surface area contributed by atoms with Gasteiger partial charge in [0.25, 0.3) is 0 Å². The van der Waals surface area contributed by atoms with Gasteiger partial charge in [-0.2, -0.15) is 0 Å². The van der Waals surface area contributed by atoms with Gasteiger partial charge in [0.2, 0.25) is 28.0 Å². The van der Waals surface area contributed by atoms with Crippen molar-refractivity contribution in [2.75, 3.05) is 13.2 Å². The first-order valence-electron chi connectivity index (χ1n) is 18.1. The van der Waals surface area contributed by atoms with Gasteiger partial charge in [-0.15, -0.1) is 0 Å². The average Bonchev–Trinajstić information content (AvgIpc) is 3.54.